The van der Waals surface area contributed by atoms with Crippen molar-refractivity contribution in [3.63, 3.8) is 0 Å². The van der Waals surface area contributed by atoms with Gasteiger partial charge in [-0.25, -0.2) is 0 Å². The summed E-state index contributed by atoms with van der Waals surface area (Å²) in [5, 5.41) is 12.8. The fourth-order valence-corrected chi connectivity index (χ4v) is 3.09. The van der Waals surface area contributed by atoms with Gasteiger partial charge in [-0.2, -0.15) is 16.7 Å². The number of hydrogen-bond acceptors (Lipinski definition) is 6. The standard InChI is InChI=1S/C11H17N3O3S/c1-2-9-12-10(17-13-9)6-14-3-4-18-7-8(14)5-11(15)16/h8H,2-7H2,1H3,(H,15,16). The highest BCUT2D eigenvalue weighted by Crippen LogP contribution is 2.20. The molecule has 2 rings (SSSR count). The van der Waals surface area contributed by atoms with Crippen LogP contribution in [0.3, 0.4) is 0 Å². The number of carboxylic acid groups (broad SMARTS) is 1. The lowest BCUT2D eigenvalue weighted by Gasteiger charge is -2.33. The van der Waals surface area contributed by atoms with E-state index in [-0.39, 0.29) is 12.5 Å². The molecule has 1 aliphatic heterocycles. The lowest BCUT2D eigenvalue weighted by Crippen LogP contribution is -2.43. The summed E-state index contributed by atoms with van der Waals surface area (Å²) in [5.74, 6) is 2.39. The molecule has 6 nitrogen and oxygen atoms in total. The second-order valence-electron chi connectivity index (χ2n) is 4.25. The second-order valence-corrected chi connectivity index (χ2v) is 5.40. The summed E-state index contributed by atoms with van der Waals surface area (Å²) in [6.07, 6.45) is 0.916. The maximum absolute atomic E-state index is 10.8. The van der Waals surface area contributed by atoms with Crippen LogP contribution in [0.4, 0.5) is 0 Å². The monoisotopic (exact) mass is 271 g/mol. The molecule has 0 aliphatic carbocycles. The summed E-state index contributed by atoms with van der Waals surface area (Å²) in [4.78, 5) is 17.2. The SMILES string of the molecule is CCc1noc(CN2CCSCC2CC(=O)O)n1. The number of carbonyl (C=O) groups is 1. The van der Waals surface area contributed by atoms with E-state index in [0.717, 1.165) is 24.5 Å². The average Bonchev–Trinajstić information content (AvgIpc) is 2.79. The smallest absolute Gasteiger partial charge is 0.304 e. The molecule has 2 heterocycles. The molecule has 1 fully saturated rings. The minimum atomic E-state index is -0.757. The molecule has 1 aromatic heterocycles. The molecule has 0 amide bonds. The molecule has 1 aromatic rings. The quantitative estimate of drug-likeness (QED) is 0.856. The van der Waals surface area contributed by atoms with E-state index in [1.165, 1.54) is 0 Å². The number of aliphatic carboxylic acids is 1. The van der Waals surface area contributed by atoms with Crippen LogP contribution in [0.5, 0.6) is 0 Å². The molecule has 7 heteroatoms. The maximum atomic E-state index is 10.8. The normalized spacial score (nSPS) is 21.1. The fourth-order valence-electron chi connectivity index (χ4n) is 1.96. The third-order valence-corrected chi connectivity index (χ3v) is 4.02. The van der Waals surface area contributed by atoms with Crippen molar-refractivity contribution >= 4 is 17.7 Å². The zero-order valence-electron chi connectivity index (χ0n) is 10.3. The zero-order chi connectivity index (χ0) is 13.0. The zero-order valence-corrected chi connectivity index (χ0v) is 11.2. The minimum Gasteiger partial charge on any atom is -0.481 e. The molecule has 1 unspecified atom stereocenters. The number of thioether (sulfide) groups is 1. The predicted octanol–water partition coefficient (Wildman–Crippen LogP) is 1.02. The first kappa shape index (κ1) is 13.4. The first-order chi connectivity index (χ1) is 8.69. The Hall–Kier alpha value is -1.08. The molecule has 1 atom stereocenters. The van der Waals surface area contributed by atoms with Crippen LogP contribution in [-0.4, -0.2) is 50.2 Å². The van der Waals surface area contributed by atoms with Crippen molar-refractivity contribution in [2.24, 2.45) is 0 Å². The Kier molecular flexibility index (Phi) is 4.60. The van der Waals surface area contributed by atoms with E-state index >= 15 is 0 Å². The topological polar surface area (TPSA) is 79.5 Å². The van der Waals surface area contributed by atoms with Crippen LogP contribution < -0.4 is 0 Å². The molecule has 100 valence electrons. The lowest BCUT2D eigenvalue weighted by atomic mass is 10.2. The van der Waals surface area contributed by atoms with Gasteiger partial charge in [-0.1, -0.05) is 12.1 Å². The predicted molar refractivity (Wildman–Crippen MR) is 67.5 cm³/mol. The van der Waals surface area contributed by atoms with Crippen LogP contribution in [0.25, 0.3) is 0 Å². The Balaban J connectivity index is 1.98. The summed E-state index contributed by atoms with van der Waals surface area (Å²) in [6, 6.07) is 0.0539. The molecule has 1 saturated heterocycles. The molecular formula is C11H17N3O3S. The van der Waals surface area contributed by atoms with Gasteiger partial charge in [-0.15, -0.1) is 0 Å². The highest BCUT2D eigenvalue weighted by molar-refractivity contribution is 7.99. The number of nitrogens with zero attached hydrogens (tertiary/aromatic N) is 3. The molecule has 18 heavy (non-hydrogen) atoms. The van der Waals surface area contributed by atoms with E-state index in [4.69, 9.17) is 9.63 Å². The van der Waals surface area contributed by atoms with Crippen molar-refractivity contribution in [1.29, 1.82) is 0 Å². The largest absolute Gasteiger partial charge is 0.481 e. The fraction of sp³-hybridized carbons (Fsp3) is 0.727. The molecule has 0 bridgehead atoms. The van der Waals surface area contributed by atoms with Crippen molar-refractivity contribution in [1.82, 2.24) is 15.0 Å². The molecule has 0 saturated carbocycles. The van der Waals surface area contributed by atoms with Crippen molar-refractivity contribution in [3.8, 4) is 0 Å². The lowest BCUT2D eigenvalue weighted by molar-refractivity contribution is -0.138. The van der Waals surface area contributed by atoms with Gasteiger partial charge in [0.2, 0.25) is 5.89 Å². The summed E-state index contributed by atoms with van der Waals surface area (Å²) in [7, 11) is 0. The van der Waals surface area contributed by atoms with E-state index in [1.807, 2.05) is 6.92 Å². The summed E-state index contributed by atoms with van der Waals surface area (Å²) in [6.45, 7) is 3.39. The first-order valence-electron chi connectivity index (χ1n) is 6.04. The highest BCUT2D eigenvalue weighted by Gasteiger charge is 2.26. The van der Waals surface area contributed by atoms with Gasteiger partial charge in [0.25, 0.3) is 0 Å². The van der Waals surface area contributed by atoms with Crippen LogP contribution in [0.1, 0.15) is 25.1 Å². The number of aryl methyl sites for hydroxylation is 1. The summed E-state index contributed by atoms with van der Waals surface area (Å²) in [5.41, 5.74) is 0. The van der Waals surface area contributed by atoms with E-state index in [1.54, 1.807) is 11.8 Å². The highest BCUT2D eigenvalue weighted by atomic mass is 32.2. The first-order valence-corrected chi connectivity index (χ1v) is 7.19. The molecule has 0 aromatic carbocycles. The molecule has 0 spiro atoms. The maximum Gasteiger partial charge on any atom is 0.304 e. The number of rotatable bonds is 5. The second kappa shape index (κ2) is 6.19. The Morgan fingerprint density at radius 3 is 3.17 bits per heavy atom. The summed E-state index contributed by atoms with van der Waals surface area (Å²) < 4.78 is 5.15. The molecule has 0 radical (unpaired) electrons. The van der Waals surface area contributed by atoms with Crippen LogP contribution in [0.2, 0.25) is 0 Å². The van der Waals surface area contributed by atoms with Crippen LogP contribution in [0, 0.1) is 0 Å². The van der Waals surface area contributed by atoms with Gasteiger partial charge in [0.15, 0.2) is 5.82 Å². The van der Waals surface area contributed by atoms with Crippen molar-refractivity contribution < 1.29 is 14.4 Å². The van der Waals surface area contributed by atoms with Gasteiger partial charge < -0.3 is 9.63 Å². The number of hydrogen-bond donors (Lipinski definition) is 1. The van der Waals surface area contributed by atoms with E-state index in [2.05, 4.69) is 15.0 Å². The van der Waals surface area contributed by atoms with Gasteiger partial charge in [-0.05, 0) is 0 Å². The van der Waals surface area contributed by atoms with E-state index in [9.17, 15) is 4.79 Å². The van der Waals surface area contributed by atoms with Gasteiger partial charge in [0, 0.05) is 30.5 Å². The van der Waals surface area contributed by atoms with Gasteiger partial charge in [-0.3, -0.25) is 9.69 Å². The van der Waals surface area contributed by atoms with Crippen molar-refractivity contribution in [2.45, 2.75) is 32.4 Å². The average molecular weight is 271 g/mol. The van der Waals surface area contributed by atoms with Gasteiger partial charge in [0.1, 0.15) is 0 Å². The number of carboxylic acids is 1. The minimum absolute atomic E-state index is 0.0539. The Morgan fingerprint density at radius 1 is 1.67 bits per heavy atom. The third kappa shape index (κ3) is 3.46. The molecule has 1 aliphatic rings. The van der Waals surface area contributed by atoms with E-state index in [0.29, 0.717) is 18.3 Å². The Labute approximate surface area is 110 Å². The Bertz CT molecular complexity index is 410. The molecular weight excluding hydrogens is 254 g/mol. The van der Waals surface area contributed by atoms with Crippen LogP contribution in [-0.2, 0) is 17.8 Å². The van der Waals surface area contributed by atoms with Crippen LogP contribution in [0.15, 0.2) is 4.52 Å². The van der Waals surface area contributed by atoms with Gasteiger partial charge in [0.05, 0.1) is 13.0 Å². The third-order valence-electron chi connectivity index (χ3n) is 2.92. The van der Waals surface area contributed by atoms with Crippen molar-refractivity contribution in [2.75, 3.05) is 18.1 Å². The van der Waals surface area contributed by atoms with Crippen molar-refractivity contribution in [3.05, 3.63) is 11.7 Å². The number of aromatic nitrogens is 2. The van der Waals surface area contributed by atoms with Crippen LogP contribution >= 0.6 is 11.8 Å². The van der Waals surface area contributed by atoms with E-state index < -0.39 is 5.97 Å². The Morgan fingerprint density at radius 2 is 2.50 bits per heavy atom. The van der Waals surface area contributed by atoms with Gasteiger partial charge >= 0.3 is 5.97 Å². The summed E-state index contributed by atoms with van der Waals surface area (Å²) >= 11 is 1.80. The molecule has 1 N–H and O–H groups in total.